The number of hydrogen-bond donors (Lipinski definition) is 2. The van der Waals surface area contributed by atoms with Gasteiger partial charge in [0.05, 0.1) is 4.90 Å². The average Bonchev–Trinajstić information content (AvgIpc) is 2.06. The molecule has 1 aromatic carbocycles. The molecule has 0 aliphatic carbocycles. The van der Waals surface area contributed by atoms with Crippen molar-refractivity contribution in [2.45, 2.75) is 11.3 Å². The molecule has 1 aromatic rings. The van der Waals surface area contributed by atoms with Gasteiger partial charge in [0.15, 0.2) is 0 Å². The number of fused-ring (bicyclic) bond motifs is 1. The molecule has 2 N–H and O–H groups in total. The molecule has 0 unspecified atom stereocenters. The Kier molecular flexibility index (Phi) is 1.78. The molecule has 5 heteroatoms. The summed E-state index contributed by atoms with van der Waals surface area (Å²) in [6.07, 6.45) is 0.675. The largest absolute Gasteiger partial charge is 0.508 e. The van der Waals surface area contributed by atoms with Crippen LogP contribution < -0.4 is 4.72 Å². The van der Waals surface area contributed by atoms with E-state index in [0.717, 1.165) is 5.56 Å². The molecule has 0 fully saturated rings. The van der Waals surface area contributed by atoms with E-state index in [-0.39, 0.29) is 10.6 Å². The smallest absolute Gasteiger partial charge is 0.240 e. The standard InChI is InChI=1S/C8H9NO3S/c10-7-2-1-6-3-4-9-13(11,12)8(6)5-7/h1-2,5,9-10H,3-4H2. The van der Waals surface area contributed by atoms with Gasteiger partial charge >= 0.3 is 0 Å². The maximum absolute atomic E-state index is 11.4. The van der Waals surface area contributed by atoms with E-state index in [4.69, 9.17) is 5.11 Å². The summed E-state index contributed by atoms with van der Waals surface area (Å²) in [5.74, 6) is -0.0222. The van der Waals surface area contributed by atoms with Crippen LogP contribution in [0.25, 0.3) is 0 Å². The highest BCUT2D eigenvalue weighted by Gasteiger charge is 2.22. The van der Waals surface area contributed by atoms with Gasteiger partial charge in [0, 0.05) is 12.6 Å². The Morgan fingerprint density at radius 1 is 1.38 bits per heavy atom. The van der Waals surface area contributed by atoms with Gasteiger partial charge in [-0.15, -0.1) is 0 Å². The summed E-state index contributed by atoms with van der Waals surface area (Å²) in [6.45, 7) is 0.431. The molecule has 70 valence electrons. The number of sulfonamides is 1. The van der Waals surface area contributed by atoms with E-state index in [1.54, 1.807) is 6.07 Å². The summed E-state index contributed by atoms with van der Waals surface area (Å²) in [4.78, 5) is 0.193. The molecule has 0 saturated heterocycles. The van der Waals surface area contributed by atoms with Crippen molar-refractivity contribution in [3.05, 3.63) is 23.8 Å². The number of benzene rings is 1. The Morgan fingerprint density at radius 3 is 2.92 bits per heavy atom. The van der Waals surface area contributed by atoms with Crippen molar-refractivity contribution in [2.24, 2.45) is 0 Å². The second-order valence-corrected chi connectivity index (χ2v) is 4.68. The fourth-order valence-corrected chi connectivity index (χ4v) is 2.72. The predicted molar refractivity (Wildman–Crippen MR) is 47.0 cm³/mol. The topological polar surface area (TPSA) is 66.4 Å². The van der Waals surface area contributed by atoms with Gasteiger partial charge in [-0.05, 0) is 18.1 Å². The minimum Gasteiger partial charge on any atom is -0.508 e. The fourth-order valence-electron chi connectivity index (χ4n) is 1.40. The Balaban J connectivity index is 2.68. The molecule has 0 aromatic heterocycles. The second kappa shape index (κ2) is 2.71. The van der Waals surface area contributed by atoms with E-state index in [9.17, 15) is 8.42 Å². The first kappa shape index (κ1) is 8.52. The molecule has 1 heterocycles. The van der Waals surface area contributed by atoms with Crippen LogP contribution in [0.2, 0.25) is 0 Å². The summed E-state index contributed by atoms with van der Waals surface area (Å²) in [6, 6.07) is 4.42. The predicted octanol–water partition coefficient (Wildman–Crippen LogP) is 0.227. The minimum atomic E-state index is -3.37. The third kappa shape index (κ3) is 1.40. The van der Waals surface area contributed by atoms with Crippen LogP contribution in [-0.2, 0) is 16.4 Å². The Morgan fingerprint density at radius 2 is 2.15 bits per heavy atom. The zero-order valence-corrected chi connectivity index (χ0v) is 7.63. The number of hydrogen-bond acceptors (Lipinski definition) is 3. The van der Waals surface area contributed by atoms with Gasteiger partial charge < -0.3 is 5.11 Å². The quantitative estimate of drug-likeness (QED) is 0.628. The molecule has 2 rings (SSSR count). The van der Waals surface area contributed by atoms with Crippen LogP contribution in [0.5, 0.6) is 5.75 Å². The van der Waals surface area contributed by atoms with Gasteiger partial charge in [-0.25, -0.2) is 13.1 Å². The van der Waals surface area contributed by atoms with Crippen molar-refractivity contribution in [3.8, 4) is 5.75 Å². The normalized spacial score (nSPS) is 19.4. The van der Waals surface area contributed by atoms with Crippen molar-refractivity contribution in [1.82, 2.24) is 4.72 Å². The number of phenolic OH excluding ortho intramolecular Hbond substituents is 1. The zero-order chi connectivity index (χ0) is 9.47. The van der Waals surface area contributed by atoms with Gasteiger partial charge in [0.25, 0.3) is 0 Å². The van der Waals surface area contributed by atoms with Crippen LogP contribution in [0.3, 0.4) is 0 Å². The van der Waals surface area contributed by atoms with Crippen molar-refractivity contribution in [3.63, 3.8) is 0 Å². The van der Waals surface area contributed by atoms with Crippen LogP contribution in [0.15, 0.2) is 23.1 Å². The minimum absolute atomic E-state index is 0.0222. The highest BCUT2D eigenvalue weighted by Crippen LogP contribution is 2.23. The number of phenols is 1. The molecule has 0 amide bonds. The van der Waals surface area contributed by atoms with Crippen LogP contribution in [0.1, 0.15) is 5.56 Å². The first-order chi connectivity index (χ1) is 6.09. The zero-order valence-electron chi connectivity index (χ0n) is 6.82. The average molecular weight is 199 g/mol. The van der Waals surface area contributed by atoms with Gasteiger partial charge in [-0.3, -0.25) is 0 Å². The maximum atomic E-state index is 11.4. The van der Waals surface area contributed by atoms with Crippen LogP contribution in [-0.4, -0.2) is 20.1 Å². The third-order valence-corrected chi connectivity index (χ3v) is 3.57. The Hall–Kier alpha value is -1.07. The van der Waals surface area contributed by atoms with Gasteiger partial charge in [-0.2, -0.15) is 0 Å². The van der Waals surface area contributed by atoms with Gasteiger partial charge in [0.2, 0.25) is 10.0 Å². The summed E-state index contributed by atoms with van der Waals surface area (Å²) in [5, 5.41) is 9.13. The molecule has 1 aliphatic heterocycles. The second-order valence-electron chi connectivity index (χ2n) is 2.94. The van der Waals surface area contributed by atoms with E-state index >= 15 is 0 Å². The van der Waals surface area contributed by atoms with E-state index in [0.29, 0.717) is 13.0 Å². The van der Waals surface area contributed by atoms with Crippen LogP contribution in [0.4, 0.5) is 0 Å². The molecule has 0 bridgehead atoms. The van der Waals surface area contributed by atoms with Gasteiger partial charge in [0.1, 0.15) is 5.75 Å². The lowest BCUT2D eigenvalue weighted by atomic mass is 10.1. The number of aromatic hydroxyl groups is 1. The summed E-state index contributed by atoms with van der Waals surface area (Å²) in [7, 11) is -3.37. The number of nitrogens with one attached hydrogen (secondary N) is 1. The lowest BCUT2D eigenvalue weighted by Gasteiger charge is -2.16. The van der Waals surface area contributed by atoms with Crippen molar-refractivity contribution in [1.29, 1.82) is 0 Å². The molecule has 1 aliphatic rings. The highest BCUT2D eigenvalue weighted by molar-refractivity contribution is 7.89. The van der Waals surface area contributed by atoms with E-state index < -0.39 is 10.0 Å². The third-order valence-electron chi connectivity index (χ3n) is 2.03. The lowest BCUT2D eigenvalue weighted by molar-refractivity contribution is 0.472. The SMILES string of the molecule is O=S1(=O)NCCc2ccc(O)cc21. The first-order valence-corrected chi connectivity index (χ1v) is 5.39. The Bertz CT molecular complexity index is 439. The van der Waals surface area contributed by atoms with Crippen molar-refractivity contribution >= 4 is 10.0 Å². The van der Waals surface area contributed by atoms with E-state index in [2.05, 4.69) is 4.72 Å². The summed E-state index contributed by atoms with van der Waals surface area (Å²) < 4.78 is 25.2. The maximum Gasteiger partial charge on any atom is 0.240 e. The summed E-state index contributed by atoms with van der Waals surface area (Å²) >= 11 is 0. The molecule has 0 spiro atoms. The Labute approximate surface area is 76.3 Å². The molecule has 4 nitrogen and oxygen atoms in total. The molecule has 0 saturated carbocycles. The van der Waals surface area contributed by atoms with Gasteiger partial charge in [-0.1, -0.05) is 6.07 Å². The molecule has 13 heavy (non-hydrogen) atoms. The highest BCUT2D eigenvalue weighted by atomic mass is 32.2. The first-order valence-electron chi connectivity index (χ1n) is 3.91. The van der Waals surface area contributed by atoms with Crippen LogP contribution >= 0.6 is 0 Å². The monoisotopic (exact) mass is 199 g/mol. The van der Waals surface area contributed by atoms with E-state index in [1.165, 1.54) is 12.1 Å². The summed E-state index contributed by atoms with van der Waals surface area (Å²) in [5.41, 5.74) is 0.761. The van der Waals surface area contributed by atoms with Crippen molar-refractivity contribution < 1.29 is 13.5 Å². The lowest BCUT2D eigenvalue weighted by Crippen LogP contribution is -2.31. The van der Waals surface area contributed by atoms with E-state index in [1.807, 2.05) is 0 Å². The molecular weight excluding hydrogens is 190 g/mol. The number of rotatable bonds is 0. The molecule has 0 radical (unpaired) electrons. The molecule has 0 atom stereocenters. The molecular formula is C8H9NO3S. The van der Waals surface area contributed by atoms with Crippen molar-refractivity contribution in [2.75, 3.05) is 6.54 Å². The fraction of sp³-hybridized carbons (Fsp3) is 0.250. The van der Waals surface area contributed by atoms with Crippen LogP contribution in [0, 0.1) is 0 Å².